The van der Waals surface area contributed by atoms with Gasteiger partial charge in [0.25, 0.3) is 0 Å². The smallest absolute Gasteiger partial charge is 0.228 e. The number of fused-ring (bicyclic) bond motifs is 2. The molecule has 3 aromatic rings. The molecule has 1 spiro atoms. The highest BCUT2D eigenvalue weighted by Gasteiger charge is 2.46. The molecule has 3 aromatic heterocycles. The Labute approximate surface area is 253 Å². The summed E-state index contributed by atoms with van der Waals surface area (Å²) >= 11 is 2.72. The van der Waals surface area contributed by atoms with Gasteiger partial charge in [-0.15, -0.1) is 11.3 Å². The molecule has 6 rings (SSSR count). The number of likely N-dealkylation sites (tertiary alicyclic amines) is 1. The average Bonchev–Trinajstić information content (AvgIpc) is 3.57. The van der Waals surface area contributed by atoms with E-state index >= 15 is 0 Å². The first-order valence-corrected chi connectivity index (χ1v) is 16.0. The van der Waals surface area contributed by atoms with E-state index in [0.717, 1.165) is 61.9 Å². The van der Waals surface area contributed by atoms with Crippen molar-refractivity contribution in [2.45, 2.75) is 86.0 Å². The van der Waals surface area contributed by atoms with Crippen molar-refractivity contribution in [1.82, 2.24) is 24.8 Å². The van der Waals surface area contributed by atoms with Gasteiger partial charge in [0, 0.05) is 46.1 Å². The second-order valence-electron chi connectivity index (χ2n) is 11.3. The molecule has 1 fully saturated rings. The third kappa shape index (κ3) is 5.14. The molecule has 0 radical (unpaired) electrons. The van der Waals surface area contributed by atoms with E-state index in [1.165, 1.54) is 23.1 Å². The Kier molecular flexibility index (Phi) is 7.91. The summed E-state index contributed by atoms with van der Waals surface area (Å²) < 4.78 is 6.35. The number of Topliss-reactive ketones (excluding diaryl/α,β-unsaturated/α-hetero) is 1. The van der Waals surface area contributed by atoms with E-state index in [9.17, 15) is 10.1 Å². The highest BCUT2D eigenvalue weighted by Crippen LogP contribution is 2.53. The highest BCUT2D eigenvalue weighted by atomic mass is 32.2. The van der Waals surface area contributed by atoms with E-state index in [2.05, 4.69) is 38.0 Å². The van der Waals surface area contributed by atoms with Gasteiger partial charge in [0.15, 0.2) is 5.16 Å². The molecule has 1 saturated heterocycles. The number of nitrogens with zero attached hydrogens (tertiary/aromatic N) is 6. The molecule has 10 nitrogen and oxygen atoms in total. The molecule has 218 valence electrons. The van der Waals surface area contributed by atoms with Gasteiger partial charge in [0.05, 0.1) is 5.56 Å². The molecule has 0 aromatic carbocycles. The van der Waals surface area contributed by atoms with Crippen LogP contribution >= 0.6 is 23.1 Å². The fourth-order valence-electron chi connectivity index (χ4n) is 6.83. The first-order chi connectivity index (χ1) is 20.3. The van der Waals surface area contributed by atoms with Gasteiger partial charge in [0.1, 0.15) is 22.2 Å². The molecule has 42 heavy (non-hydrogen) atoms. The number of allylic oxidation sites excluding steroid dienone is 2. The normalized spacial score (nSPS) is 23.0. The molecule has 4 N–H and O–H groups in total. The first kappa shape index (κ1) is 28.6. The van der Waals surface area contributed by atoms with Crippen molar-refractivity contribution >= 4 is 33.9 Å². The number of likely N-dealkylation sites (N-methyl/N-ethyl adjacent to an activating group) is 1. The number of carbonyl (C=O) groups excluding carboxylic acids is 1. The molecule has 1 aliphatic heterocycles. The van der Waals surface area contributed by atoms with Crippen LogP contribution in [-0.4, -0.2) is 56.4 Å². The number of hydrogen-bond donors (Lipinski definition) is 2. The second-order valence-corrected chi connectivity index (χ2v) is 13.4. The summed E-state index contributed by atoms with van der Waals surface area (Å²) in [4.78, 5) is 35.5. The lowest BCUT2D eigenvalue weighted by atomic mass is 9.62. The number of ketones is 1. The number of carbonyl (C=O) groups is 1. The molecular formula is C30H34N8O2S2. The zero-order chi connectivity index (χ0) is 29.4. The van der Waals surface area contributed by atoms with Crippen molar-refractivity contribution in [2.75, 3.05) is 19.3 Å². The van der Waals surface area contributed by atoms with Crippen LogP contribution in [0.3, 0.4) is 0 Å². The monoisotopic (exact) mass is 602 g/mol. The number of ether oxygens (including phenoxy) is 1. The fourth-order valence-corrected chi connectivity index (χ4v) is 8.70. The lowest BCUT2D eigenvalue weighted by Gasteiger charge is -2.42. The minimum absolute atomic E-state index is 0.0364. The van der Waals surface area contributed by atoms with Crippen molar-refractivity contribution in [3.8, 4) is 11.9 Å². The molecule has 0 amide bonds. The summed E-state index contributed by atoms with van der Waals surface area (Å²) in [7, 11) is 2.10. The van der Waals surface area contributed by atoms with Crippen LogP contribution in [0, 0.1) is 11.3 Å². The zero-order valence-electron chi connectivity index (χ0n) is 23.8. The maximum Gasteiger partial charge on any atom is 0.228 e. The van der Waals surface area contributed by atoms with Crippen LogP contribution in [0.2, 0.25) is 0 Å². The summed E-state index contributed by atoms with van der Waals surface area (Å²) in [6, 6.07) is 6.07. The van der Waals surface area contributed by atoms with Gasteiger partial charge in [-0.3, -0.25) is 9.69 Å². The van der Waals surface area contributed by atoms with Gasteiger partial charge in [0.2, 0.25) is 17.5 Å². The quantitative estimate of drug-likeness (QED) is 0.220. The Morgan fingerprint density at radius 3 is 2.69 bits per heavy atom. The predicted molar refractivity (Wildman–Crippen MR) is 161 cm³/mol. The Morgan fingerprint density at radius 2 is 1.98 bits per heavy atom. The van der Waals surface area contributed by atoms with E-state index in [1.807, 2.05) is 6.92 Å². The Bertz CT molecular complexity index is 1580. The van der Waals surface area contributed by atoms with Crippen LogP contribution in [0.15, 0.2) is 46.0 Å². The molecule has 0 saturated carbocycles. The van der Waals surface area contributed by atoms with Gasteiger partial charge in [-0.2, -0.15) is 10.2 Å². The van der Waals surface area contributed by atoms with Gasteiger partial charge in [-0.05, 0) is 95.3 Å². The van der Waals surface area contributed by atoms with E-state index in [-0.39, 0.29) is 23.8 Å². The minimum Gasteiger partial charge on any atom is -0.473 e. The van der Waals surface area contributed by atoms with Gasteiger partial charge in [-0.25, -0.2) is 15.0 Å². The Morgan fingerprint density at radius 1 is 1.21 bits per heavy atom. The largest absolute Gasteiger partial charge is 0.473 e. The van der Waals surface area contributed by atoms with Crippen LogP contribution in [0.5, 0.6) is 5.88 Å². The summed E-state index contributed by atoms with van der Waals surface area (Å²) in [6.45, 7) is 3.06. The summed E-state index contributed by atoms with van der Waals surface area (Å²) in [6.07, 6.45) is 9.98. The number of aromatic nitrogens is 4. The number of nitriles is 1. The zero-order valence-corrected chi connectivity index (χ0v) is 25.4. The Balaban J connectivity index is 1.39. The molecule has 12 heteroatoms. The molecular weight excluding hydrogens is 569 g/mol. The molecule has 3 aliphatic rings. The number of rotatable bonds is 7. The van der Waals surface area contributed by atoms with Gasteiger partial charge < -0.3 is 16.2 Å². The van der Waals surface area contributed by atoms with Crippen molar-refractivity contribution in [1.29, 1.82) is 5.26 Å². The van der Waals surface area contributed by atoms with Crippen LogP contribution in [0.4, 0.5) is 5.00 Å². The highest BCUT2D eigenvalue weighted by molar-refractivity contribution is 7.99. The van der Waals surface area contributed by atoms with Gasteiger partial charge >= 0.3 is 0 Å². The molecule has 3 atom stereocenters. The van der Waals surface area contributed by atoms with Crippen LogP contribution in [0.1, 0.15) is 78.5 Å². The van der Waals surface area contributed by atoms with Crippen LogP contribution in [0.25, 0.3) is 0 Å². The Hall–Kier alpha value is -3.53. The first-order valence-electron chi connectivity index (χ1n) is 14.4. The van der Waals surface area contributed by atoms with E-state index in [1.54, 1.807) is 24.5 Å². The lowest BCUT2D eigenvalue weighted by Crippen LogP contribution is -2.41. The van der Waals surface area contributed by atoms with Gasteiger partial charge in [-0.1, -0.05) is 0 Å². The average molecular weight is 603 g/mol. The van der Waals surface area contributed by atoms with Crippen LogP contribution < -0.4 is 16.2 Å². The number of hydrogen-bond acceptors (Lipinski definition) is 12. The summed E-state index contributed by atoms with van der Waals surface area (Å²) in [5.74, 6) is 0.0585. The number of anilines is 1. The third-order valence-electron chi connectivity index (χ3n) is 8.80. The molecule has 4 heterocycles. The molecule has 2 aliphatic carbocycles. The molecule has 0 unspecified atom stereocenters. The minimum atomic E-state index is -0.582. The van der Waals surface area contributed by atoms with Crippen molar-refractivity contribution in [2.24, 2.45) is 5.73 Å². The standard InChI is InChI=1S/C30H34N8O2S2/c1-17(20-8-5-14-38(20)2)40-22-15-23(42-29-34-12-6-13-35-29)37-28(36-22)25(39)18-7-3-10-30(26(18)32)11-4-9-21-24(30)19(16-31)27(33)41-21/h6,12-13,15,17,20H,3-5,7-11,14,32-33H2,1-2H3/t17-,20-,30-/m0/s1. The van der Waals surface area contributed by atoms with Crippen molar-refractivity contribution in [3.63, 3.8) is 0 Å². The maximum atomic E-state index is 14.2. The maximum absolute atomic E-state index is 14.2. The fraction of sp³-hybridized carbons (Fsp3) is 0.467. The van der Waals surface area contributed by atoms with Crippen molar-refractivity contribution < 1.29 is 9.53 Å². The third-order valence-corrected chi connectivity index (χ3v) is 10.7. The topological polar surface area (TPSA) is 157 Å². The summed E-state index contributed by atoms with van der Waals surface area (Å²) in [5, 5.41) is 11.5. The number of aryl methyl sites for hydroxylation is 1. The van der Waals surface area contributed by atoms with E-state index in [4.69, 9.17) is 16.2 Å². The summed E-state index contributed by atoms with van der Waals surface area (Å²) in [5.41, 5.74) is 15.1. The number of nitrogen functional groups attached to an aromatic ring is 1. The SMILES string of the molecule is C[C@H](Oc1cc(Sc2ncccn2)nc(C(=O)C2=C(N)[C@@]3(CCC2)CCCc2sc(N)c(C#N)c23)n1)[C@@H]1CCCN1C. The number of nitrogens with two attached hydrogens (primary N) is 2. The predicted octanol–water partition coefficient (Wildman–Crippen LogP) is 4.65. The number of thiophene rings is 1. The lowest BCUT2D eigenvalue weighted by molar-refractivity contribution is 0.0997. The van der Waals surface area contributed by atoms with Crippen LogP contribution in [-0.2, 0) is 11.8 Å². The van der Waals surface area contributed by atoms with E-state index in [0.29, 0.717) is 44.3 Å². The molecule has 0 bridgehead atoms. The van der Waals surface area contributed by atoms with Crippen molar-refractivity contribution in [3.05, 3.63) is 57.6 Å². The van der Waals surface area contributed by atoms with E-state index < -0.39 is 5.41 Å². The second kappa shape index (κ2) is 11.6.